The number of hydrogen-bond donors (Lipinski definition) is 0. The van der Waals surface area contributed by atoms with Crippen molar-refractivity contribution in [2.24, 2.45) is 0 Å². The molecule has 26 heavy (non-hydrogen) atoms. The van der Waals surface area contributed by atoms with Crippen molar-refractivity contribution in [2.45, 2.75) is 51.0 Å². The van der Waals surface area contributed by atoms with Gasteiger partial charge in [-0.25, -0.2) is 13.2 Å². The van der Waals surface area contributed by atoms with E-state index in [9.17, 15) is 13.2 Å². The Morgan fingerprint density at radius 2 is 2.08 bits per heavy atom. The molecule has 1 aromatic carbocycles. The Morgan fingerprint density at radius 1 is 1.38 bits per heavy atom. The van der Waals surface area contributed by atoms with Gasteiger partial charge in [-0.3, -0.25) is 0 Å². The van der Waals surface area contributed by atoms with E-state index in [0.29, 0.717) is 23.6 Å². The second kappa shape index (κ2) is 8.15. The highest BCUT2D eigenvalue weighted by Gasteiger charge is 2.33. The van der Waals surface area contributed by atoms with E-state index in [1.807, 2.05) is 0 Å². The number of hydrogen-bond acceptors (Lipinski definition) is 4. The minimum absolute atomic E-state index is 0.101. The average Bonchev–Trinajstić information content (AvgIpc) is 2.52. The summed E-state index contributed by atoms with van der Waals surface area (Å²) in [6.45, 7) is 6.16. The molecule has 0 unspecified atom stereocenters. The van der Waals surface area contributed by atoms with Gasteiger partial charge in [-0.1, -0.05) is 23.7 Å². The summed E-state index contributed by atoms with van der Waals surface area (Å²) in [5, 5.41) is 0.513. The lowest BCUT2D eigenvalue weighted by molar-refractivity contribution is 0.0173. The molecule has 1 saturated heterocycles. The first-order valence-corrected chi connectivity index (χ1v) is 10.6. The van der Waals surface area contributed by atoms with E-state index < -0.39 is 21.7 Å². The van der Waals surface area contributed by atoms with E-state index in [-0.39, 0.29) is 18.3 Å². The Labute approximate surface area is 161 Å². The molecule has 0 aromatic heterocycles. The standard InChI is InChI=1S/C18H27ClN2O4S/c1-18(2,3)25-17(22)20(4)16-9-6-10-21(12-16)26(23,24)13-14-7-5-8-15(19)11-14/h5,7-8,11,16H,6,9-10,12-13H2,1-4H3/t16-/m0/s1. The number of ether oxygens (including phenoxy) is 1. The van der Waals surface area contributed by atoms with Crippen LogP contribution in [0, 0.1) is 0 Å². The number of halogens is 1. The number of benzene rings is 1. The van der Waals surface area contributed by atoms with Gasteiger partial charge in [0.1, 0.15) is 5.60 Å². The minimum Gasteiger partial charge on any atom is -0.444 e. The molecule has 2 rings (SSSR count). The summed E-state index contributed by atoms with van der Waals surface area (Å²) in [7, 11) is -1.83. The number of likely N-dealkylation sites (N-methyl/N-ethyl adjacent to an activating group) is 1. The molecule has 0 N–H and O–H groups in total. The van der Waals surface area contributed by atoms with Gasteiger partial charge in [0.2, 0.25) is 10.0 Å². The van der Waals surface area contributed by atoms with Gasteiger partial charge < -0.3 is 9.64 Å². The molecule has 6 nitrogen and oxygen atoms in total. The van der Waals surface area contributed by atoms with Gasteiger partial charge in [-0.15, -0.1) is 0 Å². The smallest absolute Gasteiger partial charge is 0.410 e. The molecule has 1 aliphatic heterocycles. The Kier molecular flexibility index (Phi) is 6.58. The van der Waals surface area contributed by atoms with Gasteiger partial charge in [-0.2, -0.15) is 4.31 Å². The zero-order valence-corrected chi connectivity index (χ0v) is 17.3. The van der Waals surface area contributed by atoms with Gasteiger partial charge in [-0.05, 0) is 51.3 Å². The van der Waals surface area contributed by atoms with E-state index >= 15 is 0 Å². The van der Waals surface area contributed by atoms with E-state index in [0.717, 1.165) is 6.42 Å². The maximum absolute atomic E-state index is 12.8. The van der Waals surface area contributed by atoms with Crippen LogP contribution in [0.25, 0.3) is 0 Å². The maximum atomic E-state index is 12.8. The normalized spacial score (nSPS) is 19.2. The zero-order chi connectivity index (χ0) is 19.5. The van der Waals surface area contributed by atoms with Gasteiger partial charge in [0.15, 0.2) is 0 Å². The number of carbonyl (C=O) groups is 1. The molecule has 1 amide bonds. The molecular formula is C18H27ClN2O4S. The first-order valence-electron chi connectivity index (χ1n) is 8.66. The molecule has 0 radical (unpaired) electrons. The number of amides is 1. The molecule has 1 aromatic rings. The van der Waals surface area contributed by atoms with Crippen molar-refractivity contribution in [3.63, 3.8) is 0 Å². The monoisotopic (exact) mass is 402 g/mol. The zero-order valence-electron chi connectivity index (χ0n) is 15.7. The number of sulfonamides is 1. The number of rotatable bonds is 4. The number of piperidine rings is 1. The largest absolute Gasteiger partial charge is 0.444 e. The van der Waals surface area contributed by atoms with Gasteiger partial charge >= 0.3 is 6.09 Å². The van der Waals surface area contributed by atoms with Crippen molar-refractivity contribution in [3.05, 3.63) is 34.9 Å². The summed E-state index contributed by atoms with van der Waals surface area (Å²) < 4.78 is 32.4. The molecular weight excluding hydrogens is 376 g/mol. The predicted octanol–water partition coefficient (Wildman–Crippen LogP) is 3.50. The molecule has 146 valence electrons. The quantitative estimate of drug-likeness (QED) is 0.772. The van der Waals surface area contributed by atoms with Crippen molar-refractivity contribution >= 4 is 27.7 Å². The lowest BCUT2D eigenvalue weighted by Gasteiger charge is -2.37. The fraction of sp³-hybridized carbons (Fsp3) is 0.611. The maximum Gasteiger partial charge on any atom is 0.410 e. The third-order valence-corrected chi connectivity index (χ3v) is 6.27. The molecule has 0 spiro atoms. The van der Waals surface area contributed by atoms with E-state index in [2.05, 4.69) is 0 Å². The van der Waals surface area contributed by atoms with E-state index in [1.54, 1.807) is 52.1 Å². The summed E-state index contributed by atoms with van der Waals surface area (Å²) in [6, 6.07) is 6.66. The highest BCUT2D eigenvalue weighted by molar-refractivity contribution is 7.88. The van der Waals surface area contributed by atoms with E-state index in [4.69, 9.17) is 16.3 Å². The molecule has 0 bridgehead atoms. The number of carbonyl (C=O) groups excluding carboxylic acids is 1. The lowest BCUT2D eigenvalue weighted by Crippen LogP contribution is -2.51. The van der Waals surface area contributed by atoms with Gasteiger partial charge in [0, 0.05) is 31.2 Å². The van der Waals surface area contributed by atoms with Crippen molar-refractivity contribution < 1.29 is 17.9 Å². The average molecular weight is 403 g/mol. The molecule has 1 aliphatic rings. The topological polar surface area (TPSA) is 66.9 Å². The Balaban J connectivity index is 2.05. The van der Waals surface area contributed by atoms with Crippen LogP contribution in [0.3, 0.4) is 0 Å². The van der Waals surface area contributed by atoms with E-state index in [1.165, 1.54) is 9.21 Å². The molecule has 0 aliphatic carbocycles. The van der Waals surface area contributed by atoms with Crippen LogP contribution in [0.2, 0.25) is 5.02 Å². The second-order valence-corrected chi connectivity index (χ2v) is 10.0. The van der Waals surface area contributed by atoms with Crippen LogP contribution in [0.4, 0.5) is 4.79 Å². The van der Waals surface area contributed by atoms with Crippen LogP contribution < -0.4 is 0 Å². The first-order chi connectivity index (χ1) is 12.0. The fourth-order valence-electron chi connectivity index (χ4n) is 2.90. The summed E-state index contributed by atoms with van der Waals surface area (Å²) in [5.41, 5.74) is 0.0679. The minimum atomic E-state index is -3.48. The van der Waals surface area contributed by atoms with Crippen LogP contribution in [0.15, 0.2) is 24.3 Å². The molecule has 1 heterocycles. The lowest BCUT2D eigenvalue weighted by atomic mass is 10.1. The summed E-state index contributed by atoms with van der Waals surface area (Å²) in [4.78, 5) is 13.8. The van der Waals surface area contributed by atoms with Crippen LogP contribution >= 0.6 is 11.6 Å². The molecule has 8 heteroatoms. The van der Waals surface area contributed by atoms with Crippen LogP contribution in [0.5, 0.6) is 0 Å². The highest BCUT2D eigenvalue weighted by atomic mass is 35.5. The predicted molar refractivity (Wildman–Crippen MR) is 103 cm³/mol. The van der Waals surface area contributed by atoms with Gasteiger partial charge in [0.25, 0.3) is 0 Å². The van der Waals surface area contributed by atoms with Crippen LogP contribution in [-0.2, 0) is 20.5 Å². The summed E-state index contributed by atoms with van der Waals surface area (Å²) in [6.07, 6.45) is 1.02. The SMILES string of the molecule is CN(C(=O)OC(C)(C)C)[C@H]1CCCN(S(=O)(=O)Cc2cccc(Cl)c2)C1. The van der Waals surface area contributed by atoms with Crippen molar-refractivity contribution in [2.75, 3.05) is 20.1 Å². The fourth-order valence-corrected chi connectivity index (χ4v) is 4.70. The third kappa shape index (κ3) is 5.86. The summed E-state index contributed by atoms with van der Waals surface area (Å²) in [5.74, 6) is -0.101. The molecule has 1 fully saturated rings. The molecule has 0 saturated carbocycles. The Morgan fingerprint density at radius 3 is 2.69 bits per heavy atom. The van der Waals surface area contributed by atoms with Gasteiger partial charge in [0.05, 0.1) is 5.75 Å². The Hall–Kier alpha value is -1.31. The van der Waals surface area contributed by atoms with Crippen molar-refractivity contribution in [1.82, 2.24) is 9.21 Å². The number of nitrogens with zero attached hydrogens (tertiary/aromatic N) is 2. The molecule has 1 atom stereocenters. The van der Waals surface area contributed by atoms with Crippen molar-refractivity contribution in [3.8, 4) is 0 Å². The van der Waals surface area contributed by atoms with Crippen molar-refractivity contribution in [1.29, 1.82) is 0 Å². The second-order valence-electron chi connectivity index (χ2n) is 7.63. The van der Waals surface area contributed by atoms with Crippen LogP contribution in [-0.4, -0.2) is 55.5 Å². The van der Waals surface area contributed by atoms with Crippen LogP contribution in [0.1, 0.15) is 39.2 Å². The Bertz CT molecular complexity index is 746. The first kappa shape index (κ1) is 21.0. The summed E-state index contributed by atoms with van der Waals surface area (Å²) >= 11 is 5.95. The third-order valence-electron chi connectivity index (χ3n) is 4.22. The highest BCUT2D eigenvalue weighted by Crippen LogP contribution is 2.22.